The van der Waals surface area contributed by atoms with Crippen LogP contribution in [0.2, 0.25) is 0 Å². The number of unbranched alkanes of at least 4 members (excludes halogenated alkanes) is 4. The van der Waals surface area contributed by atoms with Gasteiger partial charge in [-0.3, -0.25) is 0 Å². The first kappa shape index (κ1) is 20.6. The number of hydrogen-bond acceptors (Lipinski definition) is 2. The Bertz CT molecular complexity index is 481. The molecule has 0 aliphatic carbocycles. The summed E-state index contributed by atoms with van der Waals surface area (Å²) in [6.45, 7) is 2.66. The zero-order valence-electron chi connectivity index (χ0n) is 13.3. The standard InChI is InChI=1S/C16H21F6NO/c1-2-3-4-5-6-11-23-13-9-7-12(8-10-13)14(24,15(17,18)19)16(20,21)22/h7-10,23-24H,2-6,11H2,1H3. The zero-order chi connectivity index (χ0) is 18.4. The highest BCUT2D eigenvalue weighted by Gasteiger charge is 2.71. The largest absolute Gasteiger partial charge is 0.430 e. The summed E-state index contributed by atoms with van der Waals surface area (Å²) < 4.78 is 76.5. The fraction of sp³-hybridized carbons (Fsp3) is 0.625. The van der Waals surface area contributed by atoms with Gasteiger partial charge in [0.2, 0.25) is 0 Å². The molecule has 0 aromatic heterocycles. The first-order valence-corrected chi connectivity index (χ1v) is 7.74. The van der Waals surface area contributed by atoms with Gasteiger partial charge in [0.05, 0.1) is 0 Å². The van der Waals surface area contributed by atoms with Crippen molar-refractivity contribution < 1.29 is 31.4 Å². The maximum atomic E-state index is 12.8. The van der Waals surface area contributed by atoms with Crippen LogP contribution in [0.1, 0.15) is 44.6 Å². The summed E-state index contributed by atoms with van der Waals surface area (Å²) in [6, 6.07) is 3.48. The molecule has 1 aromatic rings. The molecule has 0 fully saturated rings. The minimum absolute atomic E-state index is 0.404. The van der Waals surface area contributed by atoms with Crippen LogP contribution in [-0.4, -0.2) is 24.0 Å². The van der Waals surface area contributed by atoms with Gasteiger partial charge >= 0.3 is 12.4 Å². The van der Waals surface area contributed by atoms with E-state index in [2.05, 4.69) is 12.2 Å². The first-order valence-electron chi connectivity index (χ1n) is 7.74. The maximum Gasteiger partial charge on any atom is 0.430 e. The van der Waals surface area contributed by atoms with E-state index in [9.17, 15) is 31.4 Å². The predicted octanol–water partition coefficient (Wildman–Crippen LogP) is 5.38. The lowest BCUT2D eigenvalue weighted by molar-refractivity contribution is -0.376. The molecule has 0 unspecified atom stereocenters. The molecule has 8 heteroatoms. The molecule has 1 aromatic carbocycles. The smallest absolute Gasteiger partial charge is 0.385 e. The molecule has 24 heavy (non-hydrogen) atoms. The third-order valence-corrected chi connectivity index (χ3v) is 3.73. The number of halogens is 6. The van der Waals surface area contributed by atoms with Crippen molar-refractivity contribution in [3.05, 3.63) is 29.8 Å². The van der Waals surface area contributed by atoms with Gasteiger partial charge in [-0.2, -0.15) is 26.3 Å². The summed E-state index contributed by atoms with van der Waals surface area (Å²) >= 11 is 0. The average Bonchev–Trinajstić information content (AvgIpc) is 2.48. The van der Waals surface area contributed by atoms with Crippen LogP contribution in [0.4, 0.5) is 32.0 Å². The molecule has 138 valence electrons. The molecular formula is C16H21F6NO. The summed E-state index contributed by atoms with van der Waals surface area (Å²) in [5, 5.41) is 12.2. The van der Waals surface area contributed by atoms with Gasteiger partial charge < -0.3 is 10.4 Å². The van der Waals surface area contributed by atoms with Crippen molar-refractivity contribution in [2.75, 3.05) is 11.9 Å². The Hall–Kier alpha value is -1.44. The molecule has 2 nitrogen and oxygen atoms in total. The monoisotopic (exact) mass is 357 g/mol. The van der Waals surface area contributed by atoms with Gasteiger partial charge in [-0.1, -0.05) is 44.7 Å². The van der Waals surface area contributed by atoms with Crippen LogP contribution < -0.4 is 5.32 Å². The third kappa shape index (κ3) is 4.78. The number of rotatable bonds is 8. The summed E-state index contributed by atoms with van der Waals surface area (Å²) in [5.41, 5.74) is -5.73. The fourth-order valence-corrected chi connectivity index (χ4v) is 2.28. The molecule has 0 radical (unpaired) electrons. The number of hydrogen-bond donors (Lipinski definition) is 2. The summed E-state index contributed by atoms with van der Waals surface area (Å²) in [5.74, 6) is 0. The van der Waals surface area contributed by atoms with Gasteiger partial charge in [0.1, 0.15) is 0 Å². The zero-order valence-corrected chi connectivity index (χ0v) is 13.3. The van der Waals surface area contributed by atoms with Crippen molar-refractivity contribution >= 4 is 5.69 Å². The molecule has 0 amide bonds. The SMILES string of the molecule is CCCCCCCNc1ccc(C(O)(C(F)(F)F)C(F)(F)F)cc1. The topological polar surface area (TPSA) is 32.3 Å². The Morgan fingerprint density at radius 1 is 0.833 bits per heavy atom. The lowest BCUT2D eigenvalue weighted by atomic mass is 9.92. The third-order valence-electron chi connectivity index (χ3n) is 3.73. The van der Waals surface area contributed by atoms with Crippen LogP contribution in [0.3, 0.4) is 0 Å². The Balaban J connectivity index is 2.75. The van der Waals surface area contributed by atoms with Crippen molar-refractivity contribution in [1.29, 1.82) is 0 Å². The number of nitrogens with one attached hydrogen (secondary N) is 1. The average molecular weight is 357 g/mol. The second kappa shape index (κ2) is 8.09. The molecule has 0 spiro atoms. The highest BCUT2D eigenvalue weighted by atomic mass is 19.4. The van der Waals surface area contributed by atoms with Gasteiger partial charge in [0.15, 0.2) is 0 Å². The molecule has 0 saturated heterocycles. The lowest BCUT2D eigenvalue weighted by Gasteiger charge is -2.32. The van der Waals surface area contributed by atoms with Crippen molar-refractivity contribution in [3.8, 4) is 0 Å². The van der Waals surface area contributed by atoms with Crippen molar-refractivity contribution in [2.24, 2.45) is 0 Å². The van der Waals surface area contributed by atoms with E-state index in [1.807, 2.05) is 0 Å². The molecule has 0 bridgehead atoms. The van der Waals surface area contributed by atoms with Crippen LogP contribution in [0.5, 0.6) is 0 Å². The van der Waals surface area contributed by atoms with E-state index in [4.69, 9.17) is 0 Å². The summed E-state index contributed by atoms with van der Waals surface area (Å²) in [6.07, 6.45) is -6.55. The molecule has 2 N–H and O–H groups in total. The summed E-state index contributed by atoms with van der Waals surface area (Å²) in [7, 11) is 0. The Kier molecular flexibility index (Phi) is 6.95. The van der Waals surface area contributed by atoms with Crippen molar-refractivity contribution in [1.82, 2.24) is 0 Å². The van der Waals surface area contributed by atoms with Crippen LogP contribution in [-0.2, 0) is 5.60 Å². The van der Waals surface area contributed by atoms with Crippen molar-refractivity contribution in [2.45, 2.75) is 57.0 Å². The Labute approximate surface area is 136 Å². The second-order valence-electron chi connectivity index (χ2n) is 5.62. The van der Waals surface area contributed by atoms with Crippen LogP contribution in [0, 0.1) is 0 Å². The summed E-state index contributed by atoms with van der Waals surface area (Å²) in [4.78, 5) is 0. The number of alkyl halides is 6. The Morgan fingerprint density at radius 3 is 1.79 bits per heavy atom. The van der Waals surface area contributed by atoms with Gasteiger partial charge in [0.25, 0.3) is 5.60 Å². The molecule has 0 saturated carbocycles. The molecule has 0 heterocycles. The van der Waals surface area contributed by atoms with E-state index in [1.165, 1.54) is 0 Å². The van der Waals surface area contributed by atoms with E-state index in [0.717, 1.165) is 44.2 Å². The molecular weight excluding hydrogens is 336 g/mol. The van der Waals surface area contributed by atoms with E-state index < -0.39 is 23.5 Å². The number of benzene rings is 1. The number of anilines is 1. The van der Waals surface area contributed by atoms with Crippen LogP contribution in [0.25, 0.3) is 0 Å². The van der Waals surface area contributed by atoms with E-state index in [1.54, 1.807) is 0 Å². The molecule has 1 rings (SSSR count). The van der Waals surface area contributed by atoms with E-state index >= 15 is 0 Å². The van der Waals surface area contributed by atoms with Gasteiger partial charge in [-0.15, -0.1) is 0 Å². The second-order valence-corrected chi connectivity index (χ2v) is 5.62. The normalized spacial score (nSPS) is 13.2. The minimum Gasteiger partial charge on any atom is -0.385 e. The Morgan fingerprint density at radius 2 is 1.33 bits per heavy atom. The van der Waals surface area contributed by atoms with E-state index in [-0.39, 0.29) is 0 Å². The van der Waals surface area contributed by atoms with Crippen LogP contribution in [0.15, 0.2) is 24.3 Å². The van der Waals surface area contributed by atoms with Gasteiger partial charge in [-0.05, 0) is 18.6 Å². The first-order chi connectivity index (χ1) is 11.0. The minimum atomic E-state index is -5.86. The maximum absolute atomic E-state index is 12.8. The highest BCUT2D eigenvalue weighted by molar-refractivity contribution is 5.46. The van der Waals surface area contributed by atoms with Gasteiger partial charge in [0, 0.05) is 17.8 Å². The lowest BCUT2D eigenvalue weighted by Crippen LogP contribution is -2.53. The van der Waals surface area contributed by atoms with Gasteiger partial charge in [-0.25, -0.2) is 0 Å². The predicted molar refractivity (Wildman–Crippen MR) is 79.7 cm³/mol. The van der Waals surface area contributed by atoms with Crippen molar-refractivity contribution in [3.63, 3.8) is 0 Å². The van der Waals surface area contributed by atoms with E-state index in [0.29, 0.717) is 24.4 Å². The van der Waals surface area contributed by atoms with Crippen LogP contribution >= 0.6 is 0 Å². The molecule has 0 atom stereocenters. The fourth-order valence-electron chi connectivity index (χ4n) is 2.28. The number of aliphatic hydroxyl groups is 1. The molecule has 0 aliphatic rings. The quantitative estimate of drug-likeness (QED) is 0.483. The highest BCUT2D eigenvalue weighted by Crippen LogP contribution is 2.50. The molecule has 0 aliphatic heterocycles.